The van der Waals surface area contributed by atoms with Gasteiger partial charge in [-0.1, -0.05) is 13.8 Å². The molecule has 0 aromatic carbocycles. The molecule has 0 aliphatic heterocycles. The van der Waals surface area contributed by atoms with Gasteiger partial charge in [-0.05, 0) is 48.2 Å². The SMILES string of the molecule is CCOC(=O)c1cn([C@H](C)CC(C)C)c2ncc(Br)cc2c1=O. The number of esters is 1. The van der Waals surface area contributed by atoms with Crippen molar-refractivity contribution in [3.05, 3.63) is 38.7 Å². The van der Waals surface area contributed by atoms with E-state index in [1.165, 1.54) is 0 Å². The molecule has 5 nitrogen and oxygen atoms in total. The summed E-state index contributed by atoms with van der Waals surface area (Å²) in [5.41, 5.74) is 0.287. The summed E-state index contributed by atoms with van der Waals surface area (Å²) in [5, 5.41) is 0.417. The lowest BCUT2D eigenvalue weighted by Crippen LogP contribution is -2.23. The maximum absolute atomic E-state index is 12.6. The van der Waals surface area contributed by atoms with Crippen molar-refractivity contribution in [3.63, 3.8) is 0 Å². The summed E-state index contributed by atoms with van der Waals surface area (Å²) in [6.07, 6.45) is 4.15. The zero-order valence-electron chi connectivity index (χ0n) is 13.8. The average molecular weight is 381 g/mol. The van der Waals surface area contributed by atoms with Gasteiger partial charge in [0.15, 0.2) is 0 Å². The Balaban J connectivity index is 2.71. The van der Waals surface area contributed by atoms with Gasteiger partial charge in [-0.3, -0.25) is 4.79 Å². The van der Waals surface area contributed by atoms with Crippen molar-refractivity contribution in [1.82, 2.24) is 9.55 Å². The first-order valence-electron chi connectivity index (χ1n) is 7.72. The molecule has 0 spiro atoms. The molecule has 6 heteroatoms. The van der Waals surface area contributed by atoms with E-state index in [0.29, 0.717) is 21.4 Å². The molecule has 23 heavy (non-hydrogen) atoms. The van der Waals surface area contributed by atoms with Crippen LogP contribution in [-0.4, -0.2) is 22.1 Å². The molecule has 124 valence electrons. The Morgan fingerprint density at radius 2 is 2.09 bits per heavy atom. The van der Waals surface area contributed by atoms with E-state index in [1.807, 2.05) is 4.57 Å². The van der Waals surface area contributed by atoms with Crippen molar-refractivity contribution in [3.8, 4) is 0 Å². The van der Waals surface area contributed by atoms with E-state index in [9.17, 15) is 9.59 Å². The van der Waals surface area contributed by atoms with Crippen LogP contribution in [0.4, 0.5) is 0 Å². The zero-order chi connectivity index (χ0) is 17.1. The number of rotatable bonds is 5. The second-order valence-electron chi connectivity index (χ2n) is 6.00. The van der Waals surface area contributed by atoms with Crippen molar-refractivity contribution in [1.29, 1.82) is 0 Å². The van der Waals surface area contributed by atoms with Crippen molar-refractivity contribution >= 4 is 32.9 Å². The summed E-state index contributed by atoms with van der Waals surface area (Å²) in [6.45, 7) is 8.28. The molecule has 2 aromatic rings. The van der Waals surface area contributed by atoms with Gasteiger partial charge in [0.25, 0.3) is 0 Å². The molecule has 0 N–H and O–H groups in total. The monoisotopic (exact) mass is 380 g/mol. The van der Waals surface area contributed by atoms with Crippen LogP contribution in [0.3, 0.4) is 0 Å². The minimum absolute atomic E-state index is 0.0508. The second kappa shape index (κ2) is 7.25. The number of hydrogen-bond acceptors (Lipinski definition) is 4. The van der Waals surface area contributed by atoms with Gasteiger partial charge in [-0.2, -0.15) is 0 Å². The fourth-order valence-electron chi connectivity index (χ4n) is 2.69. The first kappa shape index (κ1) is 17.7. The number of aromatic nitrogens is 2. The van der Waals surface area contributed by atoms with Crippen molar-refractivity contribution < 1.29 is 9.53 Å². The van der Waals surface area contributed by atoms with Crippen LogP contribution in [0.15, 0.2) is 27.7 Å². The summed E-state index contributed by atoms with van der Waals surface area (Å²) in [5.74, 6) is -0.106. The Bertz CT molecular complexity index is 783. The molecule has 1 atom stereocenters. The molecule has 2 rings (SSSR count). The highest BCUT2D eigenvalue weighted by Crippen LogP contribution is 2.23. The smallest absolute Gasteiger partial charge is 0.343 e. The molecule has 0 bridgehead atoms. The summed E-state index contributed by atoms with van der Waals surface area (Å²) < 4.78 is 7.62. The Labute approximate surface area is 143 Å². The highest BCUT2D eigenvalue weighted by Gasteiger charge is 2.20. The number of hydrogen-bond donors (Lipinski definition) is 0. The Hall–Kier alpha value is -1.69. The number of nitrogens with zero attached hydrogens (tertiary/aromatic N) is 2. The number of carbonyl (C=O) groups is 1. The third-order valence-electron chi connectivity index (χ3n) is 3.62. The third-order valence-corrected chi connectivity index (χ3v) is 4.05. The third kappa shape index (κ3) is 3.80. The maximum atomic E-state index is 12.6. The fraction of sp³-hybridized carbons (Fsp3) is 0.471. The fourth-order valence-corrected chi connectivity index (χ4v) is 3.03. The van der Waals surface area contributed by atoms with Crippen molar-refractivity contribution in [2.45, 2.75) is 40.2 Å². The Morgan fingerprint density at radius 3 is 2.70 bits per heavy atom. The highest BCUT2D eigenvalue weighted by atomic mass is 79.9. The second-order valence-corrected chi connectivity index (χ2v) is 6.92. The van der Waals surface area contributed by atoms with E-state index in [4.69, 9.17) is 4.74 Å². The molecule has 0 unspecified atom stereocenters. The lowest BCUT2D eigenvalue weighted by atomic mass is 10.0. The van der Waals surface area contributed by atoms with Gasteiger partial charge >= 0.3 is 5.97 Å². The van der Waals surface area contributed by atoms with Crippen LogP contribution >= 0.6 is 15.9 Å². The molecular weight excluding hydrogens is 360 g/mol. The van der Waals surface area contributed by atoms with Crippen LogP contribution < -0.4 is 5.43 Å². The van der Waals surface area contributed by atoms with E-state index in [-0.39, 0.29) is 23.6 Å². The van der Waals surface area contributed by atoms with Gasteiger partial charge < -0.3 is 9.30 Å². The minimum atomic E-state index is -0.593. The molecule has 0 amide bonds. The Morgan fingerprint density at radius 1 is 1.39 bits per heavy atom. The number of carbonyl (C=O) groups excluding carboxylic acids is 1. The normalized spacial score (nSPS) is 12.6. The first-order valence-corrected chi connectivity index (χ1v) is 8.52. The average Bonchev–Trinajstić information content (AvgIpc) is 2.47. The van der Waals surface area contributed by atoms with Crippen LogP contribution in [0, 0.1) is 5.92 Å². The van der Waals surface area contributed by atoms with E-state index < -0.39 is 5.97 Å². The number of halogens is 1. The van der Waals surface area contributed by atoms with E-state index in [0.717, 1.165) is 6.42 Å². The topological polar surface area (TPSA) is 61.2 Å². The largest absolute Gasteiger partial charge is 0.462 e. The molecule has 2 heterocycles. The number of pyridine rings is 2. The Kier molecular flexibility index (Phi) is 5.57. The number of fused-ring (bicyclic) bond motifs is 1. The van der Waals surface area contributed by atoms with Crippen LogP contribution in [0.1, 0.15) is 50.5 Å². The molecule has 0 radical (unpaired) electrons. The maximum Gasteiger partial charge on any atom is 0.343 e. The van der Waals surface area contributed by atoms with Gasteiger partial charge in [0.2, 0.25) is 5.43 Å². The molecule has 0 saturated heterocycles. The van der Waals surface area contributed by atoms with E-state index in [2.05, 4.69) is 41.7 Å². The summed E-state index contributed by atoms with van der Waals surface area (Å²) in [7, 11) is 0. The summed E-state index contributed by atoms with van der Waals surface area (Å²) in [6, 6.07) is 1.81. The molecule has 0 aliphatic rings. The van der Waals surface area contributed by atoms with Crippen LogP contribution in [-0.2, 0) is 4.74 Å². The molecule has 0 fully saturated rings. The van der Waals surface area contributed by atoms with Gasteiger partial charge in [0, 0.05) is 22.9 Å². The van der Waals surface area contributed by atoms with Gasteiger partial charge in [0.05, 0.1) is 12.0 Å². The molecular formula is C17H21BrN2O3. The highest BCUT2D eigenvalue weighted by molar-refractivity contribution is 9.10. The summed E-state index contributed by atoms with van der Waals surface area (Å²) in [4.78, 5) is 29.1. The quantitative estimate of drug-likeness (QED) is 0.736. The molecule has 0 saturated carbocycles. The first-order chi connectivity index (χ1) is 10.8. The van der Waals surface area contributed by atoms with E-state index in [1.54, 1.807) is 25.4 Å². The van der Waals surface area contributed by atoms with Crippen molar-refractivity contribution in [2.75, 3.05) is 6.61 Å². The van der Waals surface area contributed by atoms with Gasteiger partial charge in [-0.25, -0.2) is 9.78 Å². The minimum Gasteiger partial charge on any atom is -0.462 e. The molecule has 2 aromatic heterocycles. The lowest BCUT2D eigenvalue weighted by molar-refractivity contribution is 0.0524. The predicted octanol–water partition coefficient (Wildman–Crippen LogP) is 3.94. The summed E-state index contributed by atoms with van der Waals surface area (Å²) >= 11 is 3.33. The van der Waals surface area contributed by atoms with Gasteiger partial charge in [-0.15, -0.1) is 0 Å². The standard InChI is InChI=1S/C17H21BrN2O3/c1-5-23-17(22)14-9-20(11(4)6-10(2)3)16-13(15(14)21)7-12(18)8-19-16/h7-11H,5-6H2,1-4H3/t11-/m1/s1. The van der Waals surface area contributed by atoms with Crippen molar-refractivity contribution in [2.24, 2.45) is 5.92 Å². The van der Waals surface area contributed by atoms with Crippen LogP contribution in [0.5, 0.6) is 0 Å². The van der Waals surface area contributed by atoms with E-state index >= 15 is 0 Å². The lowest BCUT2D eigenvalue weighted by Gasteiger charge is -2.20. The van der Waals surface area contributed by atoms with Gasteiger partial charge in [0.1, 0.15) is 11.2 Å². The molecule has 0 aliphatic carbocycles. The number of ether oxygens (including phenoxy) is 1. The van der Waals surface area contributed by atoms with Crippen LogP contribution in [0.2, 0.25) is 0 Å². The predicted molar refractivity (Wildman–Crippen MR) is 93.8 cm³/mol. The zero-order valence-corrected chi connectivity index (χ0v) is 15.4. The van der Waals surface area contributed by atoms with Crippen LogP contribution in [0.25, 0.3) is 11.0 Å².